The van der Waals surface area contributed by atoms with Crippen LogP contribution in [0.4, 0.5) is 0 Å². The number of aromatic nitrogens is 2. The van der Waals surface area contributed by atoms with Crippen LogP contribution in [-0.4, -0.2) is 40.9 Å². The highest BCUT2D eigenvalue weighted by Gasteiger charge is 2.11. The van der Waals surface area contributed by atoms with Crippen molar-refractivity contribution in [3.05, 3.63) is 48.3 Å². The molecule has 0 unspecified atom stereocenters. The number of carboxylic acids is 1. The number of rotatable bonds is 19. The average Bonchev–Trinajstić information content (AvgIpc) is 2.88. The van der Waals surface area contributed by atoms with Gasteiger partial charge in [-0.2, -0.15) is 0 Å². The molecule has 1 N–H and O–H groups in total. The van der Waals surface area contributed by atoms with Crippen molar-refractivity contribution in [3.63, 3.8) is 0 Å². The van der Waals surface area contributed by atoms with Crippen molar-refractivity contribution in [2.75, 3.05) is 19.8 Å². The van der Waals surface area contributed by atoms with Gasteiger partial charge in [-0.1, -0.05) is 82.7 Å². The Labute approximate surface area is 210 Å². The monoisotopic (exact) mass is 482 g/mol. The fourth-order valence-corrected chi connectivity index (χ4v) is 3.68. The Hall–Kier alpha value is -2.73. The zero-order valence-corrected chi connectivity index (χ0v) is 21.5. The number of benzene rings is 1. The van der Waals surface area contributed by atoms with Gasteiger partial charge in [0.15, 0.2) is 11.6 Å². The maximum absolute atomic E-state index is 11.8. The van der Waals surface area contributed by atoms with Crippen LogP contribution >= 0.6 is 0 Å². The normalized spacial score (nSPS) is 11.5. The van der Waals surface area contributed by atoms with E-state index in [0.717, 1.165) is 63.7 Å². The van der Waals surface area contributed by atoms with E-state index in [4.69, 9.17) is 9.47 Å². The van der Waals surface area contributed by atoms with E-state index in [-0.39, 0.29) is 0 Å². The van der Waals surface area contributed by atoms with Crippen molar-refractivity contribution in [1.82, 2.24) is 9.97 Å². The van der Waals surface area contributed by atoms with Gasteiger partial charge in [0.25, 0.3) is 0 Å². The number of nitrogens with zero attached hydrogens (tertiary/aromatic N) is 2. The van der Waals surface area contributed by atoms with Crippen molar-refractivity contribution >= 4 is 11.5 Å². The summed E-state index contributed by atoms with van der Waals surface area (Å²) in [6, 6.07) is 7.39. The van der Waals surface area contributed by atoms with Gasteiger partial charge in [-0.15, -0.1) is 0 Å². The summed E-state index contributed by atoms with van der Waals surface area (Å²) in [6.45, 7) is 6.58. The Morgan fingerprint density at radius 3 is 2.14 bits per heavy atom. The van der Waals surface area contributed by atoms with Gasteiger partial charge in [0.2, 0.25) is 0 Å². The fraction of sp³-hybridized carbons (Fsp3) is 0.552. The lowest BCUT2D eigenvalue weighted by atomic mass is 10.0. The predicted octanol–water partition coefficient (Wildman–Crippen LogP) is 7.34. The minimum atomic E-state index is -0.894. The first-order chi connectivity index (χ1) is 17.2. The number of unbranched alkanes of at least 4 members (excludes halogenated alkanes) is 8. The molecule has 0 radical (unpaired) electrons. The first-order valence-electron chi connectivity index (χ1n) is 13.2. The van der Waals surface area contributed by atoms with Crippen LogP contribution in [0.3, 0.4) is 0 Å². The third-order valence-corrected chi connectivity index (χ3v) is 5.81. The van der Waals surface area contributed by atoms with Crippen molar-refractivity contribution < 1.29 is 19.4 Å². The number of allylic oxidation sites excluding steroid dienone is 1. The molecule has 0 saturated carbocycles. The first kappa shape index (κ1) is 28.5. The summed E-state index contributed by atoms with van der Waals surface area (Å²) in [7, 11) is 0. The van der Waals surface area contributed by atoms with Gasteiger partial charge < -0.3 is 14.6 Å². The molecule has 192 valence electrons. The number of aliphatic carboxylic acids is 1. The molecule has 6 nitrogen and oxygen atoms in total. The van der Waals surface area contributed by atoms with E-state index in [1.165, 1.54) is 25.7 Å². The van der Waals surface area contributed by atoms with E-state index in [1.54, 1.807) is 12.4 Å². The molecule has 6 heteroatoms. The SMILES string of the molecule is CCCCCCCCC=C(C(=O)O)c1ccc(-c2ncc(OCCCCOCCCC)cn2)cc1. The van der Waals surface area contributed by atoms with Crippen LogP contribution < -0.4 is 4.74 Å². The third-order valence-electron chi connectivity index (χ3n) is 5.81. The van der Waals surface area contributed by atoms with Gasteiger partial charge in [-0.3, -0.25) is 0 Å². The van der Waals surface area contributed by atoms with Crippen LogP contribution in [-0.2, 0) is 9.53 Å². The minimum absolute atomic E-state index is 0.352. The lowest BCUT2D eigenvalue weighted by Crippen LogP contribution is -2.02. The lowest BCUT2D eigenvalue weighted by Gasteiger charge is -2.08. The molecular formula is C29H42N2O4. The molecule has 0 aliphatic rings. The largest absolute Gasteiger partial charge is 0.490 e. The Bertz CT molecular complexity index is 863. The highest BCUT2D eigenvalue weighted by atomic mass is 16.5. The molecule has 0 bridgehead atoms. The van der Waals surface area contributed by atoms with Gasteiger partial charge in [0.05, 0.1) is 24.6 Å². The summed E-state index contributed by atoms with van der Waals surface area (Å²) in [5, 5.41) is 9.66. The number of ether oxygens (including phenoxy) is 2. The van der Waals surface area contributed by atoms with Crippen LogP contribution in [0.2, 0.25) is 0 Å². The Morgan fingerprint density at radius 1 is 0.829 bits per heavy atom. The van der Waals surface area contributed by atoms with Gasteiger partial charge in [-0.25, -0.2) is 14.8 Å². The van der Waals surface area contributed by atoms with Crippen LogP contribution in [0.25, 0.3) is 17.0 Å². The van der Waals surface area contributed by atoms with Gasteiger partial charge in [0.1, 0.15) is 0 Å². The van der Waals surface area contributed by atoms with Gasteiger partial charge >= 0.3 is 5.97 Å². The maximum Gasteiger partial charge on any atom is 0.335 e. The molecule has 0 fully saturated rings. The average molecular weight is 483 g/mol. The highest BCUT2D eigenvalue weighted by molar-refractivity contribution is 6.15. The summed E-state index contributed by atoms with van der Waals surface area (Å²) in [5.74, 6) is 0.332. The van der Waals surface area contributed by atoms with Crippen LogP contribution in [0.15, 0.2) is 42.7 Å². The second kappa shape index (κ2) is 17.7. The minimum Gasteiger partial charge on any atom is -0.490 e. The van der Waals surface area contributed by atoms with Crippen molar-refractivity contribution in [1.29, 1.82) is 0 Å². The predicted molar refractivity (Wildman–Crippen MR) is 142 cm³/mol. The van der Waals surface area contributed by atoms with Gasteiger partial charge in [-0.05, 0) is 37.7 Å². The molecule has 0 aliphatic carbocycles. The summed E-state index contributed by atoms with van der Waals surface area (Å²) >= 11 is 0. The molecule has 1 aromatic carbocycles. The van der Waals surface area contributed by atoms with E-state index in [9.17, 15) is 9.90 Å². The second-order valence-electron chi connectivity index (χ2n) is 8.82. The molecule has 0 atom stereocenters. The maximum atomic E-state index is 11.8. The smallest absolute Gasteiger partial charge is 0.335 e. The fourth-order valence-electron chi connectivity index (χ4n) is 3.68. The molecule has 1 aromatic heterocycles. The van der Waals surface area contributed by atoms with Crippen molar-refractivity contribution in [2.45, 2.75) is 84.5 Å². The number of hydrogen-bond donors (Lipinski definition) is 1. The molecule has 35 heavy (non-hydrogen) atoms. The van der Waals surface area contributed by atoms with Crippen molar-refractivity contribution in [2.24, 2.45) is 0 Å². The molecule has 2 rings (SSSR count). The van der Waals surface area contributed by atoms with E-state index in [1.807, 2.05) is 30.3 Å². The Morgan fingerprint density at radius 2 is 1.46 bits per heavy atom. The van der Waals surface area contributed by atoms with Crippen molar-refractivity contribution in [3.8, 4) is 17.1 Å². The molecule has 0 saturated heterocycles. The van der Waals surface area contributed by atoms with Gasteiger partial charge in [0, 0.05) is 18.8 Å². The number of carbonyl (C=O) groups is 1. The van der Waals surface area contributed by atoms with E-state index in [0.29, 0.717) is 29.3 Å². The standard InChI is InChI=1S/C29H42N2O4/c1-3-5-7-8-9-10-11-14-27(29(32)33)24-15-17-25(18-16-24)28-30-22-26(23-31-28)35-21-13-12-20-34-19-6-4-2/h14-18,22-23H,3-13,19-21H2,1-2H3,(H,32,33). The molecular weight excluding hydrogens is 440 g/mol. The summed E-state index contributed by atoms with van der Waals surface area (Å²) in [5.41, 5.74) is 1.89. The Kier molecular flexibility index (Phi) is 14.4. The first-order valence-corrected chi connectivity index (χ1v) is 13.2. The van der Waals surface area contributed by atoms with E-state index < -0.39 is 5.97 Å². The van der Waals surface area contributed by atoms with Crippen LogP contribution in [0.1, 0.15) is 90.0 Å². The van der Waals surface area contributed by atoms with Crippen LogP contribution in [0.5, 0.6) is 5.75 Å². The topological polar surface area (TPSA) is 81.5 Å². The van der Waals surface area contributed by atoms with E-state index >= 15 is 0 Å². The lowest BCUT2D eigenvalue weighted by molar-refractivity contribution is -0.130. The quantitative estimate of drug-likeness (QED) is 0.167. The second-order valence-corrected chi connectivity index (χ2v) is 8.82. The summed E-state index contributed by atoms with van der Waals surface area (Å²) in [6.07, 6.45) is 17.3. The summed E-state index contributed by atoms with van der Waals surface area (Å²) in [4.78, 5) is 20.6. The molecule has 0 aliphatic heterocycles. The molecule has 2 aromatic rings. The Balaban J connectivity index is 1.81. The molecule has 1 heterocycles. The zero-order valence-electron chi connectivity index (χ0n) is 21.5. The van der Waals surface area contributed by atoms with E-state index in [2.05, 4.69) is 23.8 Å². The highest BCUT2D eigenvalue weighted by Crippen LogP contribution is 2.22. The molecule has 0 spiro atoms. The number of carboxylic acid groups (broad SMARTS) is 1. The number of hydrogen-bond acceptors (Lipinski definition) is 5. The molecule has 0 amide bonds. The zero-order chi connectivity index (χ0) is 25.1. The summed E-state index contributed by atoms with van der Waals surface area (Å²) < 4.78 is 11.3. The third kappa shape index (κ3) is 11.5. The van der Waals surface area contributed by atoms with Crippen LogP contribution in [0, 0.1) is 0 Å².